The quantitative estimate of drug-likeness (QED) is 0.814. The lowest BCUT2D eigenvalue weighted by molar-refractivity contribution is -0.115. The fourth-order valence-corrected chi connectivity index (χ4v) is 1.77. The number of nitrogens with one attached hydrogen (secondary N) is 2. The first-order chi connectivity index (χ1) is 7.81. The molecule has 16 heavy (non-hydrogen) atoms. The number of anilines is 1. The smallest absolute Gasteiger partial charge is 0.224 e. The average Bonchev–Trinajstić information content (AvgIpc) is 2.83. The van der Waals surface area contributed by atoms with Crippen molar-refractivity contribution in [1.82, 2.24) is 5.32 Å². The van der Waals surface area contributed by atoms with Crippen LogP contribution in [-0.2, 0) is 4.79 Å². The number of hydrogen-bond donors (Lipinski definition) is 2. The molecule has 0 unspecified atom stereocenters. The van der Waals surface area contributed by atoms with E-state index in [1.165, 1.54) is 0 Å². The Kier molecular flexibility index (Phi) is 3.25. The van der Waals surface area contributed by atoms with Crippen LogP contribution in [0.5, 0.6) is 0 Å². The molecule has 1 aromatic carbocycles. The van der Waals surface area contributed by atoms with E-state index in [0.29, 0.717) is 6.42 Å². The Morgan fingerprint density at radius 3 is 2.94 bits per heavy atom. The summed E-state index contributed by atoms with van der Waals surface area (Å²) < 4.78 is 0. The van der Waals surface area contributed by atoms with Gasteiger partial charge < -0.3 is 10.6 Å². The molecule has 0 fully saturated rings. The minimum atomic E-state index is 0.0473. The molecule has 1 aromatic rings. The molecule has 2 N–H and O–H groups in total. The van der Waals surface area contributed by atoms with Crippen LogP contribution in [0.15, 0.2) is 30.3 Å². The lowest BCUT2D eigenvalue weighted by atomic mass is 10.1. The van der Waals surface area contributed by atoms with Gasteiger partial charge in [-0.25, -0.2) is 0 Å². The summed E-state index contributed by atoms with van der Waals surface area (Å²) in [4.78, 5) is 11.4. The highest BCUT2D eigenvalue weighted by Crippen LogP contribution is 2.24. The second-order valence-electron chi connectivity index (χ2n) is 3.78. The Balaban J connectivity index is 2.26. The third-order valence-corrected chi connectivity index (χ3v) is 2.62. The van der Waals surface area contributed by atoms with Gasteiger partial charge in [-0.3, -0.25) is 4.79 Å². The van der Waals surface area contributed by atoms with Crippen LogP contribution in [0.1, 0.15) is 25.3 Å². The third kappa shape index (κ3) is 2.24. The van der Waals surface area contributed by atoms with Gasteiger partial charge in [0.2, 0.25) is 5.91 Å². The van der Waals surface area contributed by atoms with Crippen LogP contribution < -0.4 is 10.6 Å². The zero-order valence-corrected chi connectivity index (χ0v) is 9.42. The molecule has 3 heteroatoms. The van der Waals surface area contributed by atoms with E-state index < -0.39 is 0 Å². The normalized spacial score (nSPS) is 14.2. The zero-order valence-electron chi connectivity index (χ0n) is 9.42. The fraction of sp³-hybridized carbons (Fsp3) is 0.308. The van der Waals surface area contributed by atoms with Crippen LogP contribution in [0.4, 0.5) is 5.69 Å². The Labute approximate surface area is 95.6 Å². The van der Waals surface area contributed by atoms with Gasteiger partial charge in [0.25, 0.3) is 0 Å². The first kappa shape index (κ1) is 10.7. The van der Waals surface area contributed by atoms with E-state index in [0.717, 1.165) is 29.9 Å². The lowest BCUT2D eigenvalue weighted by Crippen LogP contribution is -2.13. The zero-order chi connectivity index (χ0) is 11.4. The number of hydrogen-bond acceptors (Lipinski definition) is 2. The maximum atomic E-state index is 11.4. The van der Waals surface area contributed by atoms with Gasteiger partial charge in [-0.1, -0.05) is 31.2 Å². The average molecular weight is 216 g/mol. The van der Waals surface area contributed by atoms with E-state index in [9.17, 15) is 4.79 Å². The van der Waals surface area contributed by atoms with Crippen LogP contribution in [0, 0.1) is 0 Å². The minimum Gasteiger partial charge on any atom is -0.384 e. The molecule has 1 amide bonds. The Hall–Kier alpha value is -1.77. The van der Waals surface area contributed by atoms with Crippen molar-refractivity contribution in [2.75, 3.05) is 11.9 Å². The number of carbonyl (C=O) groups excluding carboxylic acids is 1. The second kappa shape index (κ2) is 4.84. The number of carbonyl (C=O) groups is 1. The van der Waals surface area contributed by atoms with Crippen molar-refractivity contribution in [3.05, 3.63) is 35.9 Å². The first-order valence-corrected chi connectivity index (χ1v) is 5.64. The summed E-state index contributed by atoms with van der Waals surface area (Å²) in [6.07, 6.45) is 3.71. The Bertz CT molecular complexity index is 424. The van der Waals surface area contributed by atoms with Gasteiger partial charge in [-0.05, 0) is 12.5 Å². The summed E-state index contributed by atoms with van der Waals surface area (Å²) in [6, 6.07) is 7.88. The van der Waals surface area contributed by atoms with E-state index in [-0.39, 0.29) is 5.91 Å². The monoisotopic (exact) mass is 216 g/mol. The molecule has 0 radical (unpaired) electrons. The van der Waals surface area contributed by atoms with Crippen molar-refractivity contribution >= 4 is 17.3 Å². The molecule has 84 valence electrons. The van der Waals surface area contributed by atoms with Crippen molar-refractivity contribution in [1.29, 1.82) is 0 Å². The van der Waals surface area contributed by atoms with E-state index in [1.807, 2.05) is 31.2 Å². The first-order valence-electron chi connectivity index (χ1n) is 5.64. The van der Waals surface area contributed by atoms with Gasteiger partial charge in [-0.15, -0.1) is 0 Å². The van der Waals surface area contributed by atoms with Gasteiger partial charge in [0, 0.05) is 24.2 Å². The summed E-state index contributed by atoms with van der Waals surface area (Å²) in [5.41, 5.74) is 3.07. The van der Waals surface area contributed by atoms with Gasteiger partial charge in [-0.2, -0.15) is 0 Å². The molecule has 3 nitrogen and oxygen atoms in total. The second-order valence-corrected chi connectivity index (χ2v) is 3.78. The van der Waals surface area contributed by atoms with Crippen molar-refractivity contribution in [2.45, 2.75) is 19.8 Å². The molecule has 0 spiro atoms. The molecule has 1 aliphatic heterocycles. The highest BCUT2D eigenvalue weighted by molar-refractivity contribution is 5.93. The molecule has 0 saturated heterocycles. The number of para-hydroxylation sites is 1. The van der Waals surface area contributed by atoms with Crippen LogP contribution in [0.3, 0.4) is 0 Å². The van der Waals surface area contributed by atoms with Crippen LogP contribution in [-0.4, -0.2) is 12.5 Å². The molecule has 0 atom stereocenters. The number of amides is 1. The van der Waals surface area contributed by atoms with E-state index in [2.05, 4.69) is 16.7 Å². The summed E-state index contributed by atoms with van der Waals surface area (Å²) in [6.45, 7) is 2.83. The number of benzene rings is 1. The highest BCUT2D eigenvalue weighted by atomic mass is 16.1. The van der Waals surface area contributed by atoms with E-state index >= 15 is 0 Å². The molecule has 0 bridgehead atoms. The summed E-state index contributed by atoms with van der Waals surface area (Å²) in [7, 11) is 0. The number of rotatable bonds is 3. The van der Waals surface area contributed by atoms with Crippen LogP contribution in [0.25, 0.3) is 5.70 Å². The fourth-order valence-electron chi connectivity index (χ4n) is 1.77. The summed E-state index contributed by atoms with van der Waals surface area (Å²) in [5.74, 6) is 0.0473. The predicted molar refractivity (Wildman–Crippen MR) is 66.0 cm³/mol. The molecule has 0 aliphatic carbocycles. The summed E-state index contributed by atoms with van der Waals surface area (Å²) in [5, 5.41) is 6.23. The van der Waals surface area contributed by atoms with Crippen LogP contribution >= 0.6 is 0 Å². The molecule has 0 saturated carbocycles. The van der Waals surface area contributed by atoms with Gasteiger partial charge >= 0.3 is 0 Å². The van der Waals surface area contributed by atoms with Crippen molar-refractivity contribution in [3.63, 3.8) is 0 Å². The standard InChI is InChI=1S/C13H16N2O/c1-2-13(16)15-12-7-4-3-6-10(12)11-8-5-9-14-11/h3-4,6-8,14H,2,5,9H2,1H3,(H,15,16). The maximum absolute atomic E-state index is 11.4. The third-order valence-electron chi connectivity index (χ3n) is 2.62. The van der Waals surface area contributed by atoms with Crippen molar-refractivity contribution < 1.29 is 4.79 Å². The molecular weight excluding hydrogens is 200 g/mol. The van der Waals surface area contributed by atoms with Crippen LogP contribution in [0.2, 0.25) is 0 Å². The molecule has 0 aromatic heterocycles. The largest absolute Gasteiger partial charge is 0.384 e. The maximum Gasteiger partial charge on any atom is 0.224 e. The summed E-state index contributed by atoms with van der Waals surface area (Å²) >= 11 is 0. The lowest BCUT2D eigenvalue weighted by Gasteiger charge is -2.11. The molecular formula is C13H16N2O. The SMILES string of the molecule is CCC(=O)Nc1ccccc1C1=CCCN1. The Morgan fingerprint density at radius 1 is 1.44 bits per heavy atom. The van der Waals surface area contributed by atoms with E-state index in [1.54, 1.807) is 0 Å². The molecule has 2 rings (SSSR count). The van der Waals surface area contributed by atoms with Crippen molar-refractivity contribution in [2.24, 2.45) is 0 Å². The van der Waals surface area contributed by atoms with Gasteiger partial charge in [0.15, 0.2) is 0 Å². The molecule has 1 heterocycles. The molecule has 1 aliphatic rings. The van der Waals surface area contributed by atoms with Gasteiger partial charge in [0.05, 0.1) is 5.69 Å². The predicted octanol–water partition coefficient (Wildman–Crippen LogP) is 2.37. The van der Waals surface area contributed by atoms with Crippen molar-refractivity contribution in [3.8, 4) is 0 Å². The van der Waals surface area contributed by atoms with E-state index in [4.69, 9.17) is 0 Å². The minimum absolute atomic E-state index is 0.0473. The topological polar surface area (TPSA) is 41.1 Å². The highest BCUT2D eigenvalue weighted by Gasteiger charge is 2.11. The van der Waals surface area contributed by atoms with Gasteiger partial charge in [0.1, 0.15) is 0 Å². The Morgan fingerprint density at radius 2 is 2.25 bits per heavy atom.